The van der Waals surface area contributed by atoms with E-state index in [9.17, 15) is 9.90 Å². The lowest BCUT2D eigenvalue weighted by molar-refractivity contribution is -0.133. The third-order valence-electron chi connectivity index (χ3n) is 5.00. The standard InChI is InChI=1S/C20H24N6O2/c1-14-9-19(21)26(22-14)13-20(28)24-7-8-25-16(12-24)11-17(23-25)18(27)10-15-5-3-2-4-6-15/h2-6,9,11,18,27H,7-8,10,12-13,21H2,1H3/t18-/m1/s1. The van der Waals surface area contributed by atoms with Gasteiger partial charge in [-0.1, -0.05) is 30.3 Å². The number of fused-ring (bicyclic) bond motifs is 1. The lowest BCUT2D eigenvalue weighted by Crippen LogP contribution is -2.40. The molecule has 3 aromatic rings. The predicted molar refractivity (Wildman–Crippen MR) is 104 cm³/mol. The van der Waals surface area contributed by atoms with Gasteiger partial charge in [-0.15, -0.1) is 0 Å². The summed E-state index contributed by atoms with van der Waals surface area (Å²) in [6, 6.07) is 13.5. The number of aliphatic hydroxyl groups is 1. The van der Waals surface area contributed by atoms with E-state index in [1.807, 2.05) is 48.0 Å². The van der Waals surface area contributed by atoms with E-state index >= 15 is 0 Å². The topological polar surface area (TPSA) is 102 Å². The maximum absolute atomic E-state index is 12.7. The number of benzene rings is 1. The van der Waals surface area contributed by atoms with Crippen molar-refractivity contribution in [3.63, 3.8) is 0 Å². The number of anilines is 1. The minimum atomic E-state index is -0.670. The van der Waals surface area contributed by atoms with Crippen LogP contribution in [0.1, 0.15) is 28.7 Å². The highest BCUT2D eigenvalue weighted by Gasteiger charge is 2.24. The second kappa shape index (κ2) is 7.47. The summed E-state index contributed by atoms with van der Waals surface area (Å²) in [7, 11) is 0. The molecule has 0 aliphatic carbocycles. The molecule has 8 nitrogen and oxygen atoms in total. The summed E-state index contributed by atoms with van der Waals surface area (Å²) >= 11 is 0. The van der Waals surface area contributed by atoms with Crippen molar-refractivity contribution in [2.45, 2.75) is 39.1 Å². The van der Waals surface area contributed by atoms with Crippen LogP contribution in [0, 0.1) is 6.92 Å². The molecule has 0 fully saturated rings. The maximum atomic E-state index is 12.7. The highest BCUT2D eigenvalue weighted by atomic mass is 16.3. The molecule has 4 rings (SSSR count). The van der Waals surface area contributed by atoms with Crippen LogP contribution in [0.2, 0.25) is 0 Å². The first-order valence-corrected chi connectivity index (χ1v) is 9.36. The Hall–Kier alpha value is -3.13. The molecule has 0 saturated heterocycles. The van der Waals surface area contributed by atoms with Crippen LogP contribution in [0.5, 0.6) is 0 Å². The summed E-state index contributed by atoms with van der Waals surface area (Å²) < 4.78 is 3.40. The number of rotatable bonds is 5. The van der Waals surface area contributed by atoms with Gasteiger partial charge in [-0.25, -0.2) is 4.68 Å². The molecular weight excluding hydrogens is 356 g/mol. The van der Waals surface area contributed by atoms with Crippen molar-refractivity contribution >= 4 is 11.7 Å². The number of hydrogen-bond donors (Lipinski definition) is 2. The monoisotopic (exact) mass is 380 g/mol. The fraction of sp³-hybridized carbons (Fsp3) is 0.350. The summed E-state index contributed by atoms with van der Waals surface area (Å²) in [4.78, 5) is 14.4. The van der Waals surface area contributed by atoms with Crippen LogP contribution >= 0.6 is 0 Å². The largest absolute Gasteiger partial charge is 0.386 e. The number of carbonyl (C=O) groups is 1. The Morgan fingerprint density at radius 1 is 1.21 bits per heavy atom. The van der Waals surface area contributed by atoms with Gasteiger partial charge in [0.2, 0.25) is 5.91 Å². The summed E-state index contributed by atoms with van der Waals surface area (Å²) in [5, 5.41) is 19.3. The predicted octanol–water partition coefficient (Wildman–Crippen LogP) is 1.29. The van der Waals surface area contributed by atoms with Gasteiger partial charge in [0.15, 0.2) is 0 Å². The second-order valence-electron chi connectivity index (χ2n) is 7.17. The van der Waals surface area contributed by atoms with Crippen molar-refractivity contribution in [2.75, 3.05) is 12.3 Å². The molecule has 1 amide bonds. The lowest BCUT2D eigenvalue weighted by atomic mass is 10.1. The minimum absolute atomic E-state index is 0.0337. The molecule has 0 bridgehead atoms. The SMILES string of the molecule is Cc1cc(N)n(CC(=O)N2CCn3nc([C@H](O)Cc4ccccc4)cc3C2)n1. The van der Waals surface area contributed by atoms with E-state index in [1.54, 1.807) is 11.0 Å². The molecule has 0 radical (unpaired) electrons. The molecule has 3 heterocycles. The zero-order chi connectivity index (χ0) is 19.7. The normalized spacial score (nSPS) is 14.7. The van der Waals surface area contributed by atoms with Gasteiger partial charge in [0.25, 0.3) is 0 Å². The maximum Gasteiger partial charge on any atom is 0.244 e. The zero-order valence-electron chi connectivity index (χ0n) is 15.8. The highest BCUT2D eigenvalue weighted by molar-refractivity contribution is 5.76. The van der Waals surface area contributed by atoms with Gasteiger partial charge >= 0.3 is 0 Å². The number of aliphatic hydroxyl groups excluding tert-OH is 1. The second-order valence-corrected chi connectivity index (χ2v) is 7.17. The Kier molecular flexibility index (Phi) is 4.87. The number of nitrogens with zero attached hydrogens (tertiary/aromatic N) is 5. The van der Waals surface area contributed by atoms with Gasteiger partial charge in [0, 0.05) is 19.0 Å². The van der Waals surface area contributed by atoms with Crippen LogP contribution in [0.4, 0.5) is 5.82 Å². The number of aromatic nitrogens is 4. The third-order valence-corrected chi connectivity index (χ3v) is 5.00. The van der Waals surface area contributed by atoms with Crippen LogP contribution < -0.4 is 5.73 Å². The molecule has 0 spiro atoms. The Morgan fingerprint density at radius 2 is 2.00 bits per heavy atom. The first kappa shape index (κ1) is 18.2. The highest BCUT2D eigenvalue weighted by Crippen LogP contribution is 2.21. The number of nitrogens with two attached hydrogens (primary N) is 1. The molecule has 2 aromatic heterocycles. The van der Waals surface area contributed by atoms with E-state index in [2.05, 4.69) is 10.2 Å². The van der Waals surface area contributed by atoms with Crippen LogP contribution in [-0.4, -0.2) is 42.0 Å². The van der Waals surface area contributed by atoms with Crippen LogP contribution in [0.3, 0.4) is 0 Å². The third kappa shape index (κ3) is 3.77. The van der Waals surface area contributed by atoms with E-state index in [1.165, 1.54) is 4.68 Å². The number of carbonyl (C=O) groups excluding carboxylic acids is 1. The minimum Gasteiger partial charge on any atom is -0.386 e. The van der Waals surface area contributed by atoms with Gasteiger partial charge in [-0.3, -0.25) is 9.48 Å². The van der Waals surface area contributed by atoms with Crippen molar-refractivity contribution < 1.29 is 9.90 Å². The summed E-state index contributed by atoms with van der Waals surface area (Å²) in [5.41, 5.74) is 9.30. The van der Waals surface area contributed by atoms with E-state index < -0.39 is 6.10 Å². The van der Waals surface area contributed by atoms with Gasteiger partial charge in [-0.2, -0.15) is 10.2 Å². The smallest absolute Gasteiger partial charge is 0.244 e. The molecule has 1 aliphatic heterocycles. The summed E-state index contributed by atoms with van der Waals surface area (Å²) in [5.74, 6) is 0.452. The quantitative estimate of drug-likeness (QED) is 0.694. The first-order valence-electron chi connectivity index (χ1n) is 9.36. The molecule has 146 valence electrons. The Labute approximate surface area is 163 Å². The van der Waals surface area contributed by atoms with Crippen LogP contribution in [-0.2, 0) is 30.8 Å². The van der Waals surface area contributed by atoms with Crippen molar-refractivity contribution in [3.05, 3.63) is 65.1 Å². The Balaban J connectivity index is 1.42. The van der Waals surface area contributed by atoms with E-state index in [-0.39, 0.29) is 12.5 Å². The molecule has 1 atom stereocenters. The molecule has 1 aromatic carbocycles. The van der Waals surface area contributed by atoms with Crippen LogP contribution in [0.15, 0.2) is 42.5 Å². The van der Waals surface area contributed by atoms with Gasteiger partial charge < -0.3 is 15.7 Å². The van der Waals surface area contributed by atoms with Gasteiger partial charge in [0.1, 0.15) is 18.5 Å². The molecular formula is C20H24N6O2. The summed E-state index contributed by atoms with van der Waals surface area (Å²) in [6.07, 6.45) is -0.158. The Bertz CT molecular complexity index is 978. The first-order chi connectivity index (χ1) is 13.5. The molecule has 3 N–H and O–H groups in total. The number of amides is 1. The average molecular weight is 380 g/mol. The number of hydrogen-bond acceptors (Lipinski definition) is 5. The molecule has 0 unspecified atom stereocenters. The molecule has 28 heavy (non-hydrogen) atoms. The van der Waals surface area contributed by atoms with Crippen LogP contribution in [0.25, 0.3) is 0 Å². The Morgan fingerprint density at radius 3 is 2.71 bits per heavy atom. The van der Waals surface area contributed by atoms with E-state index in [4.69, 9.17) is 5.73 Å². The average Bonchev–Trinajstić information content (AvgIpc) is 3.24. The zero-order valence-corrected chi connectivity index (χ0v) is 15.8. The number of aryl methyl sites for hydroxylation is 1. The van der Waals surface area contributed by atoms with Crippen molar-refractivity contribution in [1.82, 2.24) is 24.5 Å². The van der Waals surface area contributed by atoms with E-state index in [0.717, 1.165) is 17.0 Å². The fourth-order valence-electron chi connectivity index (χ4n) is 3.53. The van der Waals surface area contributed by atoms with Crippen molar-refractivity contribution in [3.8, 4) is 0 Å². The van der Waals surface area contributed by atoms with Gasteiger partial charge in [-0.05, 0) is 18.6 Å². The number of nitrogen functional groups attached to an aromatic ring is 1. The summed E-state index contributed by atoms with van der Waals surface area (Å²) in [6.45, 7) is 3.61. The van der Waals surface area contributed by atoms with Crippen molar-refractivity contribution in [1.29, 1.82) is 0 Å². The van der Waals surface area contributed by atoms with E-state index in [0.29, 0.717) is 37.6 Å². The lowest BCUT2D eigenvalue weighted by Gasteiger charge is -2.27. The molecule has 8 heteroatoms. The molecule has 1 aliphatic rings. The molecule has 0 saturated carbocycles. The van der Waals surface area contributed by atoms with Gasteiger partial charge in [0.05, 0.1) is 30.2 Å². The van der Waals surface area contributed by atoms with Crippen molar-refractivity contribution in [2.24, 2.45) is 0 Å². The fourth-order valence-corrected chi connectivity index (χ4v) is 3.53.